The molecule has 0 saturated carbocycles. The predicted octanol–water partition coefficient (Wildman–Crippen LogP) is 2.43. The first-order valence-corrected chi connectivity index (χ1v) is 5.56. The lowest BCUT2D eigenvalue weighted by Gasteiger charge is -2.11. The third-order valence-corrected chi connectivity index (χ3v) is 2.64. The molecule has 0 radical (unpaired) electrons. The normalized spacial score (nSPS) is 10.8. The lowest BCUT2D eigenvalue weighted by molar-refractivity contribution is 0.851. The van der Waals surface area contributed by atoms with E-state index in [9.17, 15) is 0 Å². The highest BCUT2D eigenvalue weighted by Crippen LogP contribution is 2.27. The molecule has 1 heterocycles. The molecule has 4 N–H and O–H groups in total. The second kappa shape index (κ2) is 4.41. The van der Waals surface area contributed by atoms with E-state index in [4.69, 9.17) is 11.5 Å². The maximum Gasteiger partial charge on any atom is 0.220 e. The van der Waals surface area contributed by atoms with Crippen LogP contribution in [-0.4, -0.2) is 9.97 Å². The SMILES string of the molecule is CC(C)c1cnc(N)nc1-c1ccc(N)cc1. The average Bonchev–Trinajstić information content (AvgIpc) is 2.29. The van der Waals surface area contributed by atoms with Gasteiger partial charge in [-0.05, 0) is 23.6 Å². The zero-order chi connectivity index (χ0) is 12.4. The van der Waals surface area contributed by atoms with Crippen molar-refractivity contribution in [2.45, 2.75) is 19.8 Å². The lowest BCUT2D eigenvalue weighted by Crippen LogP contribution is -2.02. The monoisotopic (exact) mass is 228 g/mol. The lowest BCUT2D eigenvalue weighted by atomic mass is 9.99. The number of anilines is 2. The standard InChI is InChI=1S/C13H16N4/c1-8(2)11-7-16-13(15)17-12(11)9-3-5-10(14)6-4-9/h3-8H,14H2,1-2H3,(H2,15,16,17). The number of aromatic nitrogens is 2. The number of hydrogen-bond donors (Lipinski definition) is 2. The van der Waals surface area contributed by atoms with Gasteiger partial charge in [0.1, 0.15) is 0 Å². The quantitative estimate of drug-likeness (QED) is 0.774. The van der Waals surface area contributed by atoms with E-state index in [-0.39, 0.29) is 0 Å². The van der Waals surface area contributed by atoms with Crippen LogP contribution in [0.5, 0.6) is 0 Å². The number of nitrogens with two attached hydrogens (primary N) is 2. The molecule has 0 spiro atoms. The Hall–Kier alpha value is -2.10. The van der Waals surface area contributed by atoms with Gasteiger partial charge in [-0.1, -0.05) is 26.0 Å². The van der Waals surface area contributed by atoms with Gasteiger partial charge >= 0.3 is 0 Å². The Bertz CT molecular complexity index is 517. The molecule has 2 aromatic rings. The number of nitrogen functional groups attached to an aromatic ring is 2. The largest absolute Gasteiger partial charge is 0.399 e. The minimum atomic E-state index is 0.293. The van der Waals surface area contributed by atoms with Crippen molar-refractivity contribution in [2.24, 2.45) is 0 Å². The number of rotatable bonds is 2. The summed E-state index contributed by atoms with van der Waals surface area (Å²) >= 11 is 0. The van der Waals surface area contributed by atoms with E-state index in [1.165, 1.54) is 0 Å². The van der Waals surface area contributed by atoms with Gasteiger partial charge in [0.05, 0.1) is 5.69 Å². The topological polar surface area (TPSA) is 77.8 Å². The van der Waals surface area contributed by atoms with Gasteiger partial charge in [0, 0.05) is 17.4 Å². The second-order valence-electron chi connectivity index (χ2n) is 4.31. The van der Waals surface area contributed by atoms with Crippen molar-refractivity contribution in [1.29, 1.82) is 0 Å². The van der Waals surface area contributed by atoms with Crippen molar-refractivity contribution >= 4 is 11.6 Å². The molecule has 0 atom stereocenters. The minimum Gasteiger partial charge on any atom is -0.399 e. The summed E-state index contributed by atoms with van der Waals surface area (Å²) in [6.07, 6.45) is 1.79. The van der Waals surface area contributed by atoms with Gasteiger partial charge in [-0.3, -0.25) is 0 Å². The first-order valence-electron chi connectivity index (χ1n) is 5.56. The summed E-state index contributed by atoms with van der Waals surface area (Å²) < 4.78 is 0. The van der Waals surface area contributed by atoms with Crippen molar-refractivity contribution in [3.63, 3.8) is 0 Å². The van der Waals surface area contributed by atoms with Gasteiger partial charge in [0.25, 0.3) is 0 Å². The Morgan fingerprint density at radius 3 is 2.29 bits per heavy atom. The highest BCUT2D eigenvalue weighted by atomic mass is 15.0. The molecule has 0 aliphatic carbocycles. The van der Waals surface area contributed by atoms with E-state index < -0.39 is 0 Å². The molecule has 0 bridgehead atoms. The van der Waals surface area contributed by atoms with Gasteiger partial charge in [-0.2, -0.15) is 0 Å². The Kier molecular flexibility index (Phi) is 2.95. The summed E-state index contributed by atoms with van der Waals surface area (Å²) in [6.45, 7) is 4.21. The fourth-order valence-electron chi connectivity index (χ4n) is 1.70. The summed E-state index contributed by atoms with van der Waals surface area (Å²) in [6, 6.07) is 7.61. The Labute approximate surface area is 101 Å². The van der Waals surface area contributed by atoms with Crippen LogP contribution in [0.4, 0.5) is 11.6 Å². The van der Waals surface area contributed by atoms with Crippen LogP contribution in [0.25, 0.3) is 11.3 Å². The van der Waals surface area contributed by atoms with E-state index >= 15 is 0 Å². The Morgan fingerprint density at radius 2 is 1.71 bits per heavy atom. The first-order chi connectivity index (χ1) is 8.08. The van der Waals surface area contributed by atoms with Gasteiger partial charge < -0.3 is 11.5 Å². The van der Waals surface area contributed by atoms with E-state index in [1.54, 1.807) is 6.20 Å². The van der Waals surface area contributed by atoms with Crippen LogP contribution in [0.2, 0.25) is 0 Å². The molecule has 4 nitrogen and oxygen atoms in total. The fourth-order valence-corrected chi connectivity index (χ4v) is 1.70. The molecule has 0 aliphatic heterocycles. The molecule has 0 fully saturated rings. The van der Waals surface area contributed by atoms with Gasteiger partial charge in [0.15, 0.2) is 0 Å². The van der Waals surface area contributed by atoms with Crippen LogP contribution >= 0.6 is 0 Å². The average molecular weight is 228 g/mol. The zero-order valence-electron chi connectivity index (χ0n) is 10.0. The highest BCUT2D eigenvalue weighted by Gasteiger charge is 2.11. The van der Waals surface area contributed by atoms with Crippen molar-refractivity contribution < 1.29 is 0 Å². The molecule has 4 heteroatoms. The Morgan fingerprint density at radius 1 is 1.06 bits per heavy atom. The van der Waals surface area contributed by atoms with Crippen LogP contribution in [0.1, 0.15) is 25.3 Å². The third-order valence-electron chi connectivity index (χ3n) is 2.64. The van der Waals surface area contributed by atoms with Crippen LogP contribution in [-0.2, 0) is 0 Å². The maximum absolute atomic E-state index is 5.68. The molecular weight excluding hydrogens is 212 g/mol. The van der Waals surface area contributed by atoms with Crippen LogP contribution in [0, 0.1) is 0 Å². The van der Waals surface area contributed by atoms with Gasteiger partial charge in [-0.15, -0.1) is 0 Å². The maximum atomic E-state index is 5.68. The molecule has 2 rings (SSSR count). The molecule has 1 aromatic heterocycles. The zero-order valence-corrected chi connectivity index (χ0v) is 10.0. The Balaban J connectivity index is 2.56. The predicted molar refractivity (Wildman–Crippen MR) is 70.4 cm³/mol. The molecule has 0 aliphatic rings. The molecule has 0 amide bonds. The van der Waals surface area contributed by atoms with E-state index in [2.05, 4.69) is 23.8 Å². The summed E-state index contributed by atoms with van der Waals surface area (Å²) in [5, 5.41) is 0. The molecule has 17 heavy (non-hydrogen) atoms. The first kappa shape index (κ1) is 11.4. The van der Waals surface area contributed by atoms with E-state index in [1.807, 2.05) is 24.3 Å². The summed E-state index contributed by atoms with van der Waals surface area (Å²) in [5.41, 5.74) is 15.0. The molecule has 0 unspecified atom stereocenters. The molecule has 0 saturated heterocycles. The van der Waals surface area contributed by atoms with Crippen LogP contribution in [0.3, 0.4) is 0 Å². The fraction of sp³-hybridized carbons (Fsp3) is 0.231. The van der Waals surface area contributed by atoms with Crippen molar-refractivity contribution in [3.05, 3.63) is 36.0 Å². The molecule has 1 aromatic carbocycles. The second-order valence-corrected chi connectivity index (χ2v) is 4.31. The number of benzene rings is 1. The molecule has 88 valence electrons. The van der Waals surface area contributed by atoms with Crippen molar-refractivity contribution in [1.82, 2.24) is 9.97 Å². The van der Waals surface area contributed by atoms with Crippen molar-refractivity contribution in [3.8, 4) is 11.3 Å². The van der Waals surface area contributed by atoms with Crippen LogP contribution < -0.4 is 11.5 Å². The minimum absolute atomic E-state index is 0.293. The molecular formula is C13H16N4. The van der Waals surface area contributed by atoms with Gasteiger partial charge in [0.2, 0.25) is 5.95 Å². The summed E-state index contributed by atoms with van der Waals surface area (Å²) in [7, 11) is 0. The smallest absolute Gasteiger partial charge is 0.220 e. The van der Waals surface area contributed by atoms with E-state index in [0.717, 1.165) is 22.5 Å². The highest BCUT2D eigenvalue weighted by molar-refractivity contribution is 5.66. The summed E-state index contributed by atoms with van der Waals surface area (Å²) in [4.78, 5) is 8.37. The van der Waals surface area contributed by atoms with Crippen LogP contribution in [0.15, 0.2) is 30.5 Å². The number of hydrogen-bond acceptors (Lipinski definition) is 4. The van der Waals surface area contributed by atoms with Crippen molar-refractivity contribution in [2.75, 3.05) is 11.5 Å². The summed E-state index contributed by atoms with van der Waals surface area (Å²) in [5.74, 6) is 0.643. The van der Waals surface area contributed by atoms with Gasteiger partial charge in [-0.25, -0.2) is 9.97 Å². The third kappa shape index (κ3) is 2.36. The van der Waals surface area contributed by atoms with E-state index in [0.29, 0.717) is 11.9 Å². The number of nitrogens with zero attached hydrogens (tertiary/aromatic N) is 2.